The zero-order valence-corrected chi connectivity index (χ0v) is 20.2. The highest BCUT2D eigenvalue weighted by Crippen LogP contribution is 2.24. The average molecular weight is 475 g/mol. The topological polar surface area (TPSA) is 99.3 Å². The summed E-state index contributed by atoms with van der Waals surface area (Å²) in [5, 5.41) is 3.62. The fourth-order valence-corrected chi connectivity index (χ4v) is 5.10. The maximum Gasteiger partial charge on any atom is 0.269 e. The van der Waals surface area contributed by atoms with Gasteiger partial charge >= 0.3 is 0 Å². The van der Waals surface area contributed by atoms with Gasteiger partial charge in [0.05, 0.1) is 10.6 Å². The van der Waals surface area contributed by atoms with Crippen LogP contribution in [0.3, 0.4) is 0 Å². The van der Waals surface area contributed by atoms with Gasteiger partial charge in [-0.15, -0.1) is 0 Å². The van der Waals surface area contributed by atoms with Gasteiger partial charge in [-0.3, -0.25) is 20.4 Å². The standard InChI is InChI=1S/C23H30N4O3S2/c1-15-8-6-10-21(17(15)3)27-32(29,30)19-13-11-18(12-14-19)22(28)25-26-23(31)24-20-9-5-4-7-16(20)2/h6,8,10-14,16,20,27H,4-5,7,9H2,1-3H3,(H,25,28)(H2,24,26,31). The predicted molar refractivity (Wildman–Crippen MR) is 131 cm³/mol. The van der Waals surface area contributed by atoms with Crippen LogP contribution in [0.2, 0.25) is 0 Å². The number of carbonyl (C=O) groups is 1. The van der Waals surface area contributed by atoms with Crippen LogP contribution < -0.4 is 20.9 Å². The first-order chi connectivity index (χ1) is 15.2. The molecule has 2 aromatic rings. The Morgan fingerprint density at radius 3 is 2.38 bits per heavy atom. The van der Waals surface area contributed by atoms with Crippen LogP contribution in [0.25, 0.3) is 0 Å². The molecule has 0 aliphatic heterocycles. The first-order valence-corrected chi connectivity index (χ1v) is 12.6. The lowest BCUT2D eigenvalue weighted by atomic mass is 9.86. The molecule has 2 atom stereocenters. The van der Waals surface area contributed by atoms with Crippen molar-refractivity contribution in [2.45, 2.75) is 57.4 Å². The number of sulfonamides is 1. The summed E-state index contributed by atoms with van der Waals surface area (Å²) in [4.78, 5) is 12.5. The Morgan fingerprint density at radius 1 is 1.00 bits per heavy atom. The highest BCUT2D eigenvalue weighted by atomic mass is 32.2. The molecule has 0 bridgehead atoms. The van der Waals surface area contributed by atoms with Crippen LogP contribution >= 0.6 is 12.2 Å². The predicted octanol–water partition coefficient (Wildman–Crippen LogP) is 3.79. The van der Waals surface area contributed by atoms with E-state index in [9.17, 15) is 13.2 Å². The molecule has 1 fully saturated rings. The van der Waals surface area contributed by atoms with E-state index in [0.717, 1.165) is 17.5 Å². The molecule has 1 aliphatic rings. The average Bonchev–Trinajstić information content (AvgIpc) is 2.77. The minimum atomic E-state index is -3.77. The fraction of sp³-hybridized carbons (Fsp3) is 0.391. The van der Waals surface area contributed by atoms with E-state index in [2.05, 4.69) is 27.8 Å². The molecule has 1 aliphatic carbocycles. The first-order valence-electron chi connectivity index (χ1n) is 10.7. The first kappa shape index (κ1) is 24.0. The van der Waals surface area contributed by atoms with Crippen LogP contribution in [-0.2, 0) is 10.0 Å². The van der Waals surface area contributed by atoms with E-state index >= 15 is 0 Å². The maximum absolute atomic E-state index is 12.7. The Morgan fingerprint density at radius 2 is 1.69 bits per heavy atom. The van der Waals surface area contributed by atoms with Gasteiger partial charge in [0.1, 0.15) is 0 Å². The highest BCUT2D eigenvalue weighted by molar-refractivity contribution is 7.92. The molecule has 2 unspecified atom stereocenters. The largest absolute Gasteiger partial charge is 0.358 e. The third-order valence-corrected chi connectivity index (χ3v) is 7.59. The minimum absolute atomic E-state index is 0.0754. The lowest BCUT2D eigenvalue weighted by Gasteiger charge is -2.30. The third kappa shape index (κ3) is 5.98. The van der Waals surface area contributed by atoms with Crippen molar-refractivity contribution in [3.63, 3.8) is 0 Å². The van der Waals surface area contributed by atoms with Gasteiger partial charge in [0.15, 0.2) is 5.11 Å². The number of carbonyl (C=O) groups excluding carboxylic acids is 1. The van der Waals surface area contributed by atoms with Gasteiger partial charge in [-0.2, -0.15) is 0 Å². The number of nitrogens with one attached hydrogen (secondary N) is 4. The Bertz CT molecular complexity index is 1080. The number of thiocarbonyl (C=S) groups is 1. The van der Waals surface area contributed by atoms with Crippen LogP contribution in [0.15, 0.2) is 47.4 Å². The molecule has 0 aromatic heterocycles. The van der Waals surface area contributed by atoms with E-state index in [1.54, 1.807) is 12.1 Å². The molecule has 0 saturated heterocycles. The van der Waals surface area contributed by atoms with Crippen molar-refractivity contribution in [2.24, 2.45) is 5.92 Å². The third-order valence-electron chi connectivity index (χ3n) is 5.99. The number of anilines is 1. The molecule has 2 aromatic carbocycles. The summed E-state index contributed by atoms with van der Waals surface area (Å²) in [5.74, 6) is 0.128. The molecule has 7 nitrogen and oxygen atoms in total. The van der Waals surface area contributed by atoms with Crippen molar-refractivity contribution in [3.8, 4) is 0 Å². The maximum atomic E-state index is 12.7. The van der Waals surface area contributed by atoms with Gasteiger partial charge in [-0.25, -0.2) is 8.42 Å². The number of amides is 1. The molecule has 0 radical (unpaired) electrons. The quantitative estimate of drug-likeness (QED) is 0.389. The molecule has 0 spiro atoms. The van der Waals surface area contributed by atoms with Gasteiger partial charge in [0.25, 0.3) is 15.9 Å². The van der Waals surface area contributed by atoms with Gasteiger partial charge in [-0.05, 0) is 86.3 Å². The second-order valence-electron chi connectivity index (χ2n) is 8.30. The van der Waals surface area contributed by atoms with Crippen LogP contribution in [-0.4, -0.2) is 25.5 Å². The van der Waals surface area contributed by atoms with Crippen molar-refractivity contribution in [3.05, 3.63) is 59.2 Å². The number of rotatable bonds is 5. The van der Waals surface area contributed by atoms with Gasteiger partial charge < -0.3 is 5.32 Å². The second-order valence-corrected chi connectivity index (χ2v) is 10.4. The van der Waals surface area contributed by atoms with Crippen LogP contribution in [0.1, 0.15) is 54.1 Å². The SMILES string of the molecule is Cc1cccc(NS(=O)(=O)c2ccc(C(=O)NNC(=S)NC3CCCCC3C)cc2)c1C. The number of hydrazine groups is 1. The van der Waals surface area contributed by atoms with E-state index < -0.39 is 15.9 Å². The molecule has 3 rings (SSSR count). The Kier molecular flexibility index (Phi) is 7.73. The monoisotopic (exact) mass is 474 g/mol. The molecule has 4 N–H and O–H groups in total. The zero-order chi connectivity index (χ0) is 23.3. The van der Waals surface area contributed by atoms with Crippen LogP contribution in [0.5, 0.6) is 0 Å². The normalized spacial score (nSPS) is 18.5. The van der Waals surface area contributed by atoms with Crippen LogP contribution in [0.4, 0.5) is 5.69 Å². The summed E-state index contributed by atoms with van der Waals surface area (Å²) in [6.07, 6.45) is 4.63. The molecular formula is C23H30N4O3S2. The Labute approximate surface area is 195 Å². The highest BCUT2D eigenvalue weighted by Gasteiger charge is 2.22. The molecule has 172 valence electrons. The molecule has 9 heteroatoms. The number of hydrogen-bond donors (Lipinski definition) is 4. The van der Waals surface area contributed by atoms with Crippen molar-refractivity contribution in [1.29, 1.82) is 0 Å². The van der Waals surface area contributed by atoms with E-state index in [0.29, 0.717) is 28.3 Å². The van der Waals surface area contributed by atoms with Gasteiger partial charge in [0, 0.05) is 11.6 Å². The van der Waals surface area contributed by atoms with Crippen molar-refractivity contribution in [2.75, 3.05) is 4.72 Å². The number of aryl methyl sites for hydroxylation is 1. The smallest absolute Gasteiger partial charge is 0.269 e. The van der Waals surface area contributed by atoms with Gasteiger partial charge in [-0.1, -0.05) is 31.9 Å². The van der Waals surface area contributed by atoms with E-state index in [1.807, 2.05) is 19.9 Å². The molecule has 1 saturated carbocycles. The van der Waals surface area contributed by atoms with Crippen LogP contribution in [0, 0.1) is 19.8 Å². The minimum Gasteiger partial charge on any atom is -0.358 e. The lowest BCUT2D eigenvalue weighted by Crippen LogP contribution is -2.51. The summed E-state index contributed by atoms with van der Waals surface area (Å²) in [6, 6.07) is 11.5. The number of benzene rings is 2. The second kappa shape index (κ2) is 10.3. The van der Waals surface area contributed by atoms with E-state index in [-0.39, 0.29) is 4.90 Å². The van der Waals surface area contributed by atoms with E-state index in [4.69, 9.17) is 12.2 Å². The Balaban J connectivity index is 1.57. The van der Waals surface area contributed by atoms with Crippen molar-refractivity contribution in [1.82, 2.24) is 16.2 Å². The Hall–Kier alpha value is -2.65. The summed E-state index contributed by atoms with van der Waals surface area (Å²) in [5.41, 5.74) is 8.00. The fourth-order valence-electron chi connectivity index (χ4n) is 3.77. The summed E-state index contributed by atoms with van der Waals surface area (Å²) >= 11 is 5.28. The molecule has 0 heterocycles. The summed E-state index contributed by atoms with van der Waals surface area (Å²) in [7, 11) is -3.77. The van der Waals surface area contributed by atoms with Crippen molar-refractivity contribution >= 4 is 38.9 Å². The lowest BCUT2D eigenvalue weighted by molar-refractivity contribution is 0.0943. The summed E-state index contributed by atoms with van der Waals surface area (Å²) < 4.78 is 28.1. The summed E-state index contributed by atoms with van der Waals surface area (Å²) in [6.45, 7) is 5.98. The van der Waals surface area contributed by atoms with E-state index in [1.165, 1.54) is 43.5 Å². The number of hydrogen-bond acceptors (Lipinski definition) is 4. The zero-order valence-electron chi connectivity index (χ0n) is 18.6. The molecule has 1 amide bonds. The van der Waals surface area contributed by atoms with Crippen molar-refractivity contribution < 1.29 is 13.2 Å². The molecular weight excluding hydrogens is 444 g/mol. The molecule has 32 heavy (non-hydrogen) atoms. The van der Waals surface area contributed by atoms with Gasteiger partial charge in [0.2, 0.25) is 0 Å².